The van der Waals surface area contributed by atoms with Gasteiger partial charge in [-0.2, -0.15) is 5.26 Å². The summed E-state index contributed by atoms with van der Waals surface area (Å²) in [6.45, 7) is 3.17. The smallest absolute Gasteiger partial charge is 0.150 e. The van der Waals surface area contributed by atoms with Crippen LogP contribution in [0.2, 0.25) is 0 Å². The lowest BCUT2D eigenvalue weighted by molar-refractivity contribution is 0.0883. The van der Waals surface area contributed by atoms with Crippen LogP contribution >= 0.6 is 0 Å². The van der Waals surface area contributed by atoms with Crippen molar-refractivity contribution in [3.8, 4) is 6.07 Å². The minimum absolute atomic E-state index is 0.0691. The summed E-state index contributed by atoms with van der Waals surface area (Å²) in [4.78, 5) is 1.28. The lowest BCUT2D eigenvalue weighted by Crippen LogP contribution is -2.37. The summed E-state index contributed by atoms with van der Waals surface area (Å²) >= 11 is 0. The van der Waals surface area contributed by atoms with E-state index in [0.29, 0.717) is 0 Å². The summed E-state index contributed by atoms with van der Waals surface area (Å²) in [5.41, 5.74) is -1.38. The van der Waals surface area contributed by atoms with Gasteiger partial charge in [0.05, 0.1) is 17.2 Å². The van der Waals surface area contributed by atoms with Crippen LogP contribution in [0.1, 0.15) is 19.4 Å². The van der Waals surface area contributed by atoms with Gasteiger partial charge in [0.15, 0.2) is 11.6 Å². The normalized spacial score (nSPS) is 11.1. The number of aliphatic hydroxyl groups is 1. The topological polar surface area (TPSA) is 47.3 Å². The second-order valence-corrected chi connectivity index (χ2v) is 4.57. The fourth-order valence-corrected chi connectivity index (χ4v) is 1.65. The number of hydrogen-bond donors (Lipinski definition) is 1. The highest BCUT2D eigenvalue weighted by Gasteiger charge is 2.21. The van der Waals surface area contributed by atoms with Gasteiger partial charge in [0.25, 0.3) is 0 Å². The van der Waals surface area contributed by atoms with Crippen molar-refractivity contribution in [2.45, 2.75) is 19.4 Å². The van der Waals surface area contributed by atoms with Gasteiger partial charge in [0, 0.05) is 13.6 Å². The maximum Gasteiger partial charge on any atom is 0.150 e. The van der Waals surface area contributed by atoms with E-state index in [2.05, 4.69) is 0 Å². The molecule has 17 heavy (non-hydrogen) atoms. The van der Waals surface area contributed by atoms with E-state index in [4.69, 9.17) is 5.26 Å². The SMILES string of the molecule is CN(CC(C)(C)O)c1c(F)cc(C#N)cc1F. The first-order chi connectivity index (χ1) is 7.74. The van der Waals surface area contributed by atoms with Crippen molar-refractivity contribution in [1.29, 1.82) is 5.26 Å². The van der Waals surface area contributed by atoms with Crippen LogP contribution in [0, 0.1) is 23.0 Å². The molecule has 92 valence electrons. The van der Waals surface area contributed by atoms with Crippen LogP contribution in [0.4, 0.5) is 14.5 Å². The van der Waals surface area contributed by atoms with Crippen molar-refractivity contribution in [3.05, 3.63) is 29.3 Å². The standard InChI is InChI=1S/C12H14F2N2O/c1-12(2,17)7-16(3)11-9(13)4-8(6-15)5-10(11)14/h4-5,17H,7H2,1-3H3. The highest BCUT2D eigenvalue weighted by atomic mass is 19.1. The number of likely N-dealkylation sites (N-methyl/N-ethyl adjacent to an activating group) is 1. The highest BCUT2D eigenvalue weighted by Crippen LogP contribution is 2.25. The Morgan fingerprint density at radius 1 is 1.35 bits per heavy atom. The lowest BCUT2D eigenvalue weighted by Gasteiger charge is -2.27. The summed E-state index contributed by atoms with van der Waals surface area (Å²) in [6, 6.07) is 3.62. The van der Waals surface area contributed by atoms with Crippen LogP contribution < -0.4 is 4.90 Å². The van der Waals surface area contributed by atoms with Crippen molar-refractivity contribution in [2.75, 3.05) is 18.5 Å². The van der Waals surface area contributed by atoms with E-state index in [1.807, 2.05) is 0 Å². The molecule has 0 aliphatic carbocycles. The number of benzene rings is 1. The molecule has 0 heterocycles. The molecule has 0 saturated heterocycles. The molecule has 0 spiro atoms. The minimum atomic E-state index is -1.07. The molecule has 0 saturated carbocycles. The first kappa shape index (κ1) is 13.4. The highest BCUT2D eigenvalue weighted by molar-refractivity contribution is 5.52. The summed E-state index contributed by atoms with van der Waals surface area (Å²) in [5.74, 6) is -1.62. The van der Waals surface area contributed by atoms with Gasteiger partial charge in [-0.1, -0.05) is 0 Å². The van der Waals surface area contributed by atoms with Gasteiger partial charge in [-0.05, 0) is 26.0 Å². The van der Waals surface area contributed by atoms with Gasteiger partial charge in [-0.15, -0.1) is 0 Å². The molecule has 0 aromatic heterocycles. The third-order valence-electron chi connectivity index (χ3n) is 2.15. The maximum atomic E-state index is 13.6. The van der Waals surface area contributed by atoms with E-state index >= 15 is 0 Å². The van der Waals surface area contributed by atoms with Crippen LogP contribution in [0.25, 0.3) is 0 Å². The largest absolute Gasteiger partial charge is 0.389 e. The van der Waals surface area contributed by atoms with Crippen LogP contribution in [0.15, 0.2) is 12.1 Å². The van der Waals surface area contributed by atoms with E-state index < -0.39 is 17.2 Å². The second kappa shape index (κ2) is 4.68. The molecule has 0 fully saturated rings. The Morgan fingerprint density at radius 2 is 1.82 bits per heavy atom. The zero-order chi connectivity index (χ0) is 13.2. The molecule has 0 aliphatic rings. The van der Waals surface area contributed by atoms with E-state index in [9.17, 15) is 13.9 Å². The fraction of sp³-hybridized carbons (Fsp3) is 0.417. The van der Waals surface area contributed by atoms with Crippen molar-refractivity contribution in [2.24, 2.45) is 0 Å². The Bertz CT molecular complexity index is 438. The molecule has 0 unspecified atom stereocenters. The van der Waals surface area contributed by atoms with E-state index in [-0.39, 0.29) is 17.8 Å². The van der Waals surface area contributed by atoms with Gasteiger partial charge in [-0.3, -0.25) is 0 Å². The molecule has 1 rings (SSSR count). The average molecular weight is 240 g/mol. The van der Waals surface area contributed by atoms with Gasteiger partial charge < -0.3 is 10.0 Å². The molecule has 3 nitrogen and oxygen atoms in total. The Morgan fingerprint density at radius 3 is 2.18 bits per heavy atom. The summed E-state index contributed by atoms with van der Waals surface area (Å²) in [7, 11) is 1.48. The van der Waals surface area contributed by atoms with Crippen LogP contribution in [0.3, 0.4) is 0 Å². The van der Waals surface area contributed by atoms with Gasteiger partial charge in [0.1, 0.15) is 5.69 Å². The van der Waals surface area contributed by atoms with Crippen molar-refractivity contribution in [1.82, 2.24) is 0 Å². The van der Waals surface area contributed by atoms with E-state index in [0.717, 1.165) is 12.1 Å². The molecular formula is C12H14F2N2O. The first-order valence-corrected chi connectivity index (χ1v) is 5.07. The average Bonchev–Trinajstić information content (AvgIpc) is 2.13. The van der Waals surface area contributed by atoms with Crippen LogP contribution in [-0.4, -0.2) is 24.3 Å². The molecule has 0 atom stereocenters. The van der Waals surface area contributed by atoms with Crippen molar-refractivity contribution in [3.63, 3.8) is 0 Å². The quantitative estimate of drug-likeness (QED) is 0.879. The van der Waals surface area contributed by atoms with Crippen LogP contribution in [-0.2, 0) is 0 Å². The van der Waals surface area contributed by atoms with Gasteiger partial charge >= 0.3 is 0 Å². The number of hydrogen-bond acceptors (Lipinski definition) is 3. The van der Waals surface area contributed by atoms with Crippen LogP contribution in [0.5, 0.6) is 0 Å². The molecular weight excluding hydrogens is 226 g/mol. The third kappa shape index (κ3) is 3.40. The molecule has 1 aromatic rings. The summed E-state index contributed by atoms with van der Waals surface area (Å²) < 4.78 is 27.2. The van der Waals surface area contributed by atoms with Crippen molar-refractivity contribution < 1.29 is 13.9 Å². The monoisotopic (exact) mass is 240 g/mol. The Kier molecular flexibility index (Phi) is 3.69. The number of nitriles is 1. The van der Waals surface area contributed by atoms with Crippen molar-refractivity contribution >= 4 is 5.69 Å². The zero-order valence-electron chi connectivity index (χ0n) is 9.96. The predicted molar refractivity (Wildman–Crippen MR) is 60.6 cm³/mol. The number of anilines is 1. The molecule has 0 aliphatic heterocycles. The van der Waals surface area contributed by atoms with Gasteiger partial charge in [0.2, 0.25) is 0 Å². The maximum absolute atomic E-state index is 13.6. The number of rotatable bonds is 3. The molecule has 5 heteroatoms. The second-order valence-electron chi connectivity index (χ2n) is 4.57. The lowest BCUT2D eigenvalue weighted by atomic mass is 10.1. The predicted octanol–water partition coefficient (Wildman–Crippen LogP) is 2.04. The summed E-state index contributed by atoms with van der Waals surface area (Å²) in [5, 5.41) is 18.2. The molecule has 0 radical (unpaired) electrons. The molecule has 1 aromatic carbocycles. The molecule has 0 bridgehead atoms. The molecule has 1 N–H and O–H groups in total. The Balaban J connectivity index is 3.11. The first-order valence-electron chi connectivity index (χ1n) is 5.07. The van der Waals surface area contributed by atoms with E-state index in [1.54, 1.807) is 19.9 Å². The molecule has 0 amide bonds. The Hall–Kier alpha value is -1.67. The summed E-state index contributed by atoms with van der Waals surface area (Å²) in [6.07, 6.45) is 0. The fourth-order valence-electron chi connectivity index (χ4n) is 1.65. The van der Waals surface area contributed by atoms with E-state index in [1.165, 1.54) is 11.9 Å². The third-order valence-corrected chi connectivity index (χ3v) is 2.15. The number of nitrogens with zero attached hydrogens (tertiary/aromatic N) is 2. The number of halogens is 2. The van der Waals surface area contributed by atoms with Gasteiger partial charge in [-0.25, -0.2) is 8.78 Å². The minimum Gasteiger partial charge on any atom is -0.389 e. The zero-order valence-corrected chi connectivity index (χ0v) is 9.96. The Labute approximate surface area is 98.9 Å².